The maximum absolute atomic E-state index is 13.3. The summed E-state index contributed by atoms with van der Waals surface area (Å²) in [6.45, 7) is 6.26. The number of nitrogens with zero attached hydrogens (tertiary/aromatic N) is 2. The smallest absolute Gasteiger partial charge is 0.283 e. The zero-order valence-corrected chi connectivity index (χ0v) is 15.6. The summed E-state index contributed by atoms with van der Waals surface area (Å²) >= 11 is 6.10. The molecule has 24 heavy (non-hydrogen) atoms. The van der Waals surface area contributed by atoms with Gasteiger partial charge in [0.25, 0.3) is 10.2 Å². The van der Waals surface area contributed by atoms with E-state index in [-0.39, 0.29) is 18.2 Å². The molecule has 3 unspecified atom stereocenters. The first-order chi connectivity index (χ1) is 11.4. The summed E-state index contributed by atoms with van der Waals surface area (Å²) in [6.07, 6.45) is -0.0940. The lowest BCUT2D eigenvalue weighted by Gasteiger charge is -2.42. The van der Waals surface area contributed by atoms with E-state index in [9.17, 15) is 8.42 Å². The van der Waals surface area contributed by atoms with E-state index in [0.717, 1.165) is 5.56 Å². The molecule has 2 aliphatic heterocycles. The third-order valence-electron chi connectivity index (χ3n) is 4.57. The minimum absolute atomic E-state index is 0.0940. The largest absolute Gasteiger partial charge is 0.375 e. The second-order valence-corrected chi connectivity index (χ2v) is 8.73. The minimum Gasteiger partial charge on any atom is -0.375 e. The topological polar surface area (TPSA) is 61.9 Å². The van der Waals surface area contributed by atoms with Crippen LogP contribution < -0.4 is 5.32 Å². The molecule has 2 saturated heterocycles. The molecule has 1 N–H and O–H groups in total. The molecule has 0 bridgehead atoms. The fourth-order valence-corrected chi connectivity index (χ4v) is 5.51. The van der Waals surface area contributed by atoms with E-state index in [1.54, 1.807) is 14.7 Å². The van der Waals surface area contributed by atoms with Crippen LogP contribution in [0.25, 0.3) is 0 Å². The van der Waals surface area contributed by atoms with Crippen molar-refractivity contribution in [3.05, 3.63) is 34.9 Å². The SMILES string of the molecule is CC1CN(S(=O)(=O)N2CCNCC2c2cccc(Cl)c2)C(C)CO1. The Morgan fingerprint density at radius 2 is 2.08 bits per heavy atom. The summed E-state index contributed by atoms with van der Waals surface area (Å²) in [6, 6.07) is 7.00. The number of rotatable bonds is 3. The number of halogens is 1. The molecule has 2 fully saturated rings. The fraction of sp³-hybridized carbons (Fsp3) is 0.625. The van der Waals surface area contributed by atoms with Crippen LogP contribution in [0.5, 0.6) is 0 Å². The Kier molecular flexibility index (Phi) is 5.48. The Labute approximate surface area is 148 Å². The summed E-state index contributed by atoms with van der Waals surface area (Å²) < 4.78 is 35.4. The number of hydrogen-bond donors (Lipinski definition) is 1. The lowest BCUT2D eigenvalue weighted by atomic mass is 10.1. The Hall–Kier alpha value is -0.700. The molecule has 0 spiro atoms. The summed E-state index contributed by atoms with van der Waals surface area (Å²) in [5.41, 5.74) is 0.909. The fourth-order valence-electron chi connectivity index (χ4n) is 3.29. The molecule has 3 rings (SSSR count). The van der Waals surface area contributed by atoms with Gasteiger partial charge in [-0.1, -0.05) is 23.7 Å². The van der Waals surface area contributed by atoms with Crippen molar-refractivity contribution in [1.82, 2.24) is 13.9 Å². The molecule has 134 valence electrons. The number of hydrogen-bond acceptors (Lipinski definition) is 4. The Bertz CT molecular complexity index is 685. The van der Waals surface area contributed by atoms with E-state index >= 15 is 0 Å². The van der Waals surface area contributed by atoms with E-state index in [1.807, 2.05) is 32.0 Å². The molecule has 2 heterocycles. The van der Waals surface area contributed by atoms with Crippen LogP contribution in [-0.4, -0.2) is 62.0 Å². The van der Waals surface area contributed by atoms with E-state index in [0.29, 0.717) is 37.8 Å². The van der Waals surface area contributed by atoms with Crippen molar-refractivity contribution in [2.75, 3.05) is 32.8 Å². The average Bonchev–Trinajstić information content (AvgIpc) is 2.57. The van der Waals surface area contributed by atoms with Crippen LogP contribution in [0, 0.1) is 0 Å². The number of ether oxygens (including phenoxy) is 1. The second-order valence-electron chi connectivity index (χ2n) is 6.46. The number of piperazine rings is 1. The van der Waals surface area contributed by atoms with Crippen LogP contribution in [0.3, 0.4) is 0 Å². The van der Waals surface area contributed by atoms with Gasteiger partial charge in [0.1, 0.15) is 0 Å². The molecule has 0 amide bonds. The highest BCUT2D eigenvalue weighted by Crippen LogP contribution is 2.30. The predicted octanol–water partition coefficient (Wildman–Crippen LogP) is 1.64. The molecule has 0 radical (unpaired) electrons. The van der Waals surface area contributed by atoms with E-state index in [1.165, 1.54) is 0 Å². The maximum atomic E-state index is 13.3. The van der Waals surface area contributed by atoms with Crippen molar-refractivity contribution in [3.8, 4) is 0 Å². The number of nitrogens with one attached hydrogen (secondary N) is 1. The molecule has 2 aliphatic rings. The number of benzene rings is 1. The van der Waals surface area contributed by atoms with E-state index < -0.39 is 10.2 Å². The van der Waals surface area contributed by atoms with Gasteiger partial charge in [-0.05, 0) is 31.5 Å². The molecular weight excluding hydrogens is 350 g/mol. The van der Waals surface area contributed by atoms with Gasteiger partial charge in [-0.3, -0.25) is 0 Å². The lowest BCUT2D eigenvalue weighted by molar-refractivity contribution is -0.0198. The van der Waals surface area contributed by atoms with Gasteiger partial charge in [-0.2, -0.15) is 17.0 Å². The first-order valence-corrected chi connectivity index (χ1v) is 10.0. The maximum Gasteiger partial charge on any atom is 0.283 e. The zero-order chi connectivity index (χ0) is 17.3. The summed E-state index contributed by atoms with van der Waals surface area (Å²) in [7, 11) is -3.57. The molecule has 0 saturated carbocycles. The van der Waals surface area contributed by atoms with Gasteiger partial charge in [0.2, 0.25) is 0 Å². The molecule has 6 nitrogen and oxygen atoms in total. The Morgan fingerprint density at radius 3 is 2.83 bits per heavy atom. The van der Waals surface area contributed by atoms with Gasteiger partial charge in [-0.15, -0.1) is 0 Å². The summed E-state index contributed by atoms with van der Waals surface area (Å²) in [5, 5.41) is 3.90. The van der Waals surface area contributed by atoms with Crippen LogP contribution in [0.15, 0.2) is 24.3 Å². The zero-order valence-electron chi connectivity index (χ0n) is 14.0. The normalized spacial score (nSPS) is 30.4. The van der Waals surface area contributed by atoms with Crippen LogP contribution >= 0.6 is 11.6 Å². The van der Waals surface area contributed by atoms with Crippen LogP contribution in [0.2, 0.25) is 5.02 Å². The molecule has 8 heteroatoms. The summed E-state index contributed by atoms with van der Waals surface area (Å²) in [5.74, 6) is 0. The predicted molar refractivity (Wildman–Crippen MR) is 94.3 cm³/mol. The van der Waals surface area contributed by atoms with E-state index in [4.69, 9.17) is 16.3 Å². The Morgan fingerprint density at radius 1 is 1.29 bits per heavy atom. The molecule has 3 atom stereocenters. The van der Waals surface area contributed by atoms with Gasteiger partial charge in [-0.25, -0.2) is 0 Å². The molecular formula is C16H24ClN3O3S. The van der Waals surface area contributed by atoms with E-state index in [2.05, 4.69) is 5.32 Å². The van der Waals surface area contributed by atoms with Crippen molar-refractivity contribution in [2.24, 2.45) is 0 Å². The van der Waals surface area contributed by atoms with Gasteiger partial charge >= 0.3 is 0 Å². The molecule has 1 aromatic rings. The number of morpholine rings is 1. The Balaban J connectivity index is 1.91. The van der Waals surface area contributed by atoms with Crippen LogP contribution in [-0.2, 0) is 14.9 Å². The van der Waals surface area contributed by atoms with Gasteiger partial charge in [0.15, 0.2) is 0 Å². The van der Waals surface area contributed by atoms with Crippen LogP contribution in [0.4, 0.5) is 0 Å². The highest BCUT2D eigenvalue weighted by atomic mass is 35.5. The second kappa shape index (κ2) is 7.27. The highest BCUT2D eigenvalue weighted by molar-refractivity contribution is 7.86. The first-order valence-electron chi connectivity index (χ1n) is 8.26. The first kappa shape index (κ1) is 18.1. The third-order valence-corrected chi connectivity index (χ3v) is 6.94. The highest BCUT2D eigenvalue weighted by Gasteiger charge is 2.41. The molecule has 0 aromatic heterocycles. The monoisotopic (exact) mass is 373 g/mol. The van der Waals surface area contributed by atoms with Crippen molar-refractivity contribution >= 4 is 21.8 Å². The third kappa shape index (κ3) is 3.61. The van der Waals surface area contributed by atoms with Gasteiger partial charge < -0.3 is 10.1 Å². The van der Waals surface area contributed by atoms with Crippen molar-refractivity contribution in [1.29, 1.82) is 0 Å². The van der Waals surface area contributed by atoms with Gasteiger partial charge in [0, 0.05) is 37.2 Å². The molecule has 0 aliphatic carbocycles. The molecule has 1 aromatic carbocycles. The quantitative estimate of drug-likeness (QED) is 0.875. The van der Waals surface area contributed by atoms with Crippen molar-refractivity contribution < 1.29 is 13.2 Å². The minimum atomic E-state index is -3.57. The van der Waals surface area contributed by atoms with Crippen molar-refractivity contribution in [3.63, 3.8) is 0 Å². The standard InChI is InChI=1S/C16H24ClN3O3S/c1-12-11-23-13(2)10-20(12)24(21,22)19-7-6-18-9-16(19)14-4-3-5-15(17)8-14/h3-5,8,12-13,16,18H,6-7,9-11H2,1-2H3. The average molecular weight is 374 g/mol. The lowest BCUT2D eigenvalue weighted by Crippen LogP contribution is -2.58. The summed E-state index contributed by atoms with van der Waals surface area (Å²) in [4.78, 5) is 0. The van der Waals surface area contributed by atoms with Gasteiger partial charge in [0.05, 0.1) is 18.8 Å². The van der Waals surface area contributed by atoms with Crippen LogP contribution in [0.1, 0.15) is 25.5 Å². The van der Waals surface area contributed by atoms with Crippen molar-refractivity contribution in [2.45, 2.75) is 32.0 Å².